The third-order valence-electron chi connectivity index (χ3n) is 4.19. The first-order valence-electron chi connectivity index (χ1n) is 8.86. The molecule has 1 amide bonds. The van der Waals surface area contributed by atoms with E-state index in [1.54, 1.807) is 0 Å². The average Bonchev–Trinajstić information content (AvgIpc) is 2.54. The van der Waals surface area contributed by atoms with Gasteiger partial charge in [0.15, 0.2) is 0 Å². The molecule has 2 aromatic rings. The molecular formula is C22H29NO2. The summed E-state index contributed by atoms with van der Waals surface area (Å²) in [5.74, 6) is 0.876. The van der Waals surface area contributed by atoms with Crippen LogP contribution in [0.25, 0.3) is 0 Å². The third-order valence-corrected chi connectivity index (χ3v) is 4.19. The van der Waals surface area contributed by atoms with Crippen molar-refractivity contribution in [2.24, 2.45) is 0 Å². The Morgan fingerprint density at radius 1 is 1.04 bits per heavy atom. The highest BCUT2D eigenvalue weighted by Crippen LogP contribution is 2.24. The number of benzene rings is 2. The average molecular weight is 339 g/mol. The van der Waals surface area contributed by atoms with E-state index in [4.69, 9.17) is 4.74 Å². The molecule has 0 aromatic heterocycles. The normalized spacial score (nSPS) is 11.2. The topological polar surface area (TPSA) is 38.3 Å². The van der Waals surface area contributed by atoms with Gasteiger partial charge in [0.25, 0.3) is 0 Å². The van der Waals surface area contributed by atoms with Crippen molar-refractivity contribution in [2.75, 3.05) is 11.9 Å². The molecule has 0 saturated heterocycles. The second-order valence-electron chi connectivity index (χ2n) is 7.59. The van der Waals surface area contributed by atoms with E-state index in [-0.39, 0.29) is 11.3 Å². The summed E-state index contributed by atoms with van der Waals surface area (Å²) < 4.78 is 5.73. The monoisotopic (exact) mass is 339 g/mol. The highest BCUT2D eigenvalue weighted by molar-refractivity contribution is 5.91. The van der Waals surface area contributed by atoms with Crippen molar-refractivity contribution in [1.82, 2.24) is 0 Å². The van der Waals surface area contributed by atoms with Crippen molar-refractivity contribution >= 4 is 11.6 Å². The lowest BCUT2D eigenvalue weighted by Crippen LogP contribution is -2.13. The summed E-state index contributed by atoms with van der Waals surface area (Å²) in [7, 11) is 0. The summed E-state index contributed by atoms with van der Waals surface area (Å²) in [5.41, 5.74) is 4.59. The molecule has 3 heteroatoms. The van der Waals surface area contributed by atoms with Crippen LogP contribution in [0.5, 0.6) is 5.75 Å². The number of hydrogen-bond acceptors (Lipinski definition) is 2. The van der Waals surface area contributed by atoms with Crippen molar-refractivity contribution in [3.05, 3.63) is 59.2 Å². The number of hydrogen-bond donors (Lipinski definition) is 1. The van der Waals surface area contributed by atoms with Gasteiger partial charge in [-0.1, -0.05) is 50.6 Å². The van der Waals surface area contributed by atoms with Gasteiger partial charge >= 0.3 is 0 Å². The fourth-order valence-corrected chi connectivity index (χ4v) is 2.64. The maximum atomic E-state index is 12.0. The number of ether oxygens (including phenoxy) is 1. The SMILES string of the molecule is Cc1ccc(NC(=O)CCCOc2ccc(C(C)(C)C)cc2)c(C)c1. The number of carbonyl (C=O) groups excluding carboxylic acids is 1. The van der Waals surface area contributed by atoms with E-state index < -0.39 is 0 Å². The predicted molar refractivity (Wildman–Crippen MR) is 104 cm³/mol. The molecule has 25 heavy (non-hydrogen) atoms. The Morgan fingerprint density at radius 3 is 2.32 bits per heavy atom. The lowest BCUT2D eigenvalue weighted by atomic mass is 9.87. The minimum atomic E-state index is 0.0265. The van der Waals surface area contributed by atoms with Crippen LogP contribution in [0.15, 0.2) is 42.5 Å². The van der Waals surface area contributed by atoms with Gasteiger partial charge in [-0.15, -0.1) is 0 Å². The van der Waals surface area contributed by atoms with E-state index >= 15 is 0 Å². The summed E-state index contributed by atoms with van der Waals surface area (Å²) in [6.45, 7) is 11.2. The number of nitrogens with one attached hydrogen (secondary N) is 1. The largest absolute Gasteiger partial charge is 0.494 e. The molecule has 0 aliphatic carbocycles. The molecular weight excluding hydrogens is 310 g/mol. The molecule has 0 atom stereocenters. The molecule has 0 radical (unpaired) electrons. The van der Waals surface area contributed by atoms with Gasteiger partial charge in [0.2, 0.25) is 5.91 Å². The highest BCUT2D eigenvalue weighted by Gasteiger charge is 2.13. The third kappa shape index (κ3) is 5.93. The quantitative estimate of drug-likeness (QED) is 0.716. The molecule has 0 fully saturated rings. The summed E-state index contributed by atoms with van der Waals surface area (Å²) in [6.07, 6.45) is 1.14. The van der Waals surface area contributed by atoms with Crippen LogP contribution in [-0.2, 0) is 10.2 Å². The van der Waals surface area contributed by atoms with E-state index in [1.807, 2.05) is 38.1 Å². The van der Waals surface area contributed by atoms with Crippen LogP contribution in [-0.4, -0.2) is 12.5 Å². The molecule has 0 bridgehead atoms. The maximum absolute atomic E-state index is 12.0. The molecule has 0 unspecified atom stereocenters. The van der Waals surface area contributed by atoms with Crippen molar-refractivity contribution < 1.29 is 9.53 Å². The lowest BCUT2D eigenvalue weighted by molar-refractivity contribution is -0.116. The first kappa shape index (κ1) is 19.0. The lowest BCUT2D eigenvalue weighted by Gasteiger charge is -2.19. The highest BCUT2D eigenvalue weighted by atomic mass is 16.5. The van der Waals surface area contributed by atoms with Gasteiger partial charge in [-0.3, -0.25) is 4.79 Å². The van der Waals surface area contributed by atoms with Crippen molar-refractivity contribution in [2.45, 2.75) is 52.9 Å². The fraction of sp³-hybridized carbons (Fsp3) is 0.409. The van der Waals surface area contributed by atoms with Crippen LogP contribution in [0.2, 0.25) is 0 Å². The van der Waals surface area contributed by atoms with E-state index in [9.17, 15) is 4.79 Å². The number of carbonyl (C=O) groups is 1. The molecule has 0 aliphatic rings. The zero-order valence-electron chi connectivity index (χ0n) is 16.0. The van der Waals surface area contributed by atoms with Crippen LogP contribution in [0.4, 0.5) is 5.69 Å². The molecule has 0 spiro atoms. The molecule has 134 valence electrons. The minimum absolute atomic E-state index is 0.0265. The fourth-order valence-electron chi connectivity index (χ4n) is 2.64. The number of anilines is 1. The smallest absolute Gasteiger partial charge is 0.224 e. The van der Waals surface area contributed by atoms with E-state index in [1.165, 1.54) is 11.1 Å². The van der Waals surface area contributed by atoms with Gasteiger partial charge in [-0.05, 0) is 55.0 Å². The van der Waals surface area contributed by atoms with Crippen LogP contribution in [0, 0.1) is 13.8 Å². The second kappa shape index (κ2) is 8.19. The van der Waals surface area contributed by atoms with Gasteiger partial charge in [-0.25, -0.2) is 0 Å². The van der Waals surface area contributed by atoms with Crippen molar-refractivity contribution in [3.8, 4) is 5.75 Å². The van der Waals surface area contributed by atoms with E-state index in [0.29, 0.717) is 19.4 Å². The van der Waals surface area contributed by atoms with Crippen LogP contribution >= 0.6 is 0 Å². The van der Waals surface area contributed by atoms with Gasteiger partial charge < -0.3 is 10.1 Å². The first-order valence-corrected chi connectivity index (χ1v) is 8.86. The Labute approximate surface area is 151 Å². The Bertz CT molecular complexity index is 712. The predicted octanol–water partition coefficient (Wildman–Crippen LogP) is 5.40. The van der Waals surface area contributed by atoms with Crippen LogP contribution < -0.4 is 10.1 Å². The summed E-state index contributed by atoms with van der Waals surface area (Å²) in [5, 5.41) is 2.97. The molecule has 0 heterocycles. The number of rotatable bonds is 6. The van der Waals surface area contributed by atoms with Gasteiger partial charge in [-0.2, -0.15) is 0 Å². The Morgan fingerprint density at radius 2 is 1.72 bits per heavy atom. The zero-order valence-corrected chi connectivity index (χ0v) is 16.0. The zero-order chi connectivity index (χ0) is 18.4. The first-order chi connectivity index (χ1) is 11.8. The Kier molecular flexibility index (Phi) is 6.24. The van der Waals surface area contributed by atoms with Crippen LogP contribution in [0.3, 0.4) is 0 Å². The Hall–Kier alpha value is -2.29. The van der Waals surface area contributed by atoms with E-state index in [2.05, 4.69) is 44.3 Å². The van der Waals surface area contributed by atoms with Crippen molar-refractivity contribution in [3.63, 3.8) is 0 Å². The molecule has 2 aromatic carbocycles. The van der Waals surface area contributed by atoms with Crippen LogP contribution in [0.1, 0.15) is 50.3 Å². The van der Waals surface area contributed by atoms with E-state index in [0.717, 1.165) is 17.0 Å². The summed E-state index contributed by atoms with van der Waals surface area (Å²) in [6, 6.07) is 14.2. The molecule has 2 rings (SSSR count). The second-order valence-corrected chi connectivity index (χ2v) is 7.59. The molecule has 0 saturated carbocycles. The molecule has 0 aliphatic heterocycles. The number of aryl methyl sites for hydroxylation is 2. The van der Waals surface area contributed by atoms with Gasteiger partial charge in [0, 0.05) is 12.1 Å². The van der Waals surface area contributed by atoms with Gasteiger partial charge in [0.1, 0.15) is 5.75 Å². The maximum Gasteiger partial charge on any atom is 0.224 e. The Balaban J connectivity index is 1.74. The van der Waals surface area contributed by atoms with Crippen molar-refractivity contribution in [1.29, 1.82) is 0 Å². The minimum Gasteiger partial charge on any atom is -0.494 e. The standard InChI is InChI=1S/C22H29NO2/c1-16-8-13-20(17(2)15-16)23-21(24)7-6-14-25-19-11-9-18(10-12-19)22(3,4)5/h8-13,15H,6-7,14H2,1-5H3,(H,23,24). The number of amides is 1. The molecule has 3 nitrogen and oxygen atoms in total. The summed E-state index contributed by atoms with van der Waals surface area (Å²) in [4.78, 5) is 12.0. The molecule has 1 N–H and O–H groups in total. The summed E-state index contributed by atoms with van der Waals surface area (Å²) >= 11 is 0. The van der Waals surface area contributed by atoms with Gasteiger partial charge in [0.05, 0.1) is 6.61 Å².